The van der Waals surface area contributed by atoms with Gasteiger partial charge in [0, 0.05) is 12.1 Å². The SMILES string of the molecule is O=[N+]([O-])c1cccc(S(=O)(=O)OC2[C@H](OCc3ccccc3)[C@H](O)C(OCc3ccccc3)[C@H](O)[C@H]2OCc2ccccc2)c1. The third-order valence-corrected chi connectivity index (χ3v) is 8.71. The van der Waals surface area contributed by atoms with E-state index in [2.05, 4.69) is 0 Å². The Kier molecular flexibility index (Phi) is 10.7. The summed E-state index contributed by atoms with van der Waals surface area (Å²) in [5, 5.41) is 34.5. The van der Waals surface area contributed by atoms with Crippen molar-refractivity contribution in [2.75, 3.05) is 0 Å². The fraction of sp³-hybridized carbons (Fsp3) is 0.273. The van der Waals surface area contributed by atoms with Crippen LogP contribution >= 0.6 is 0 Å². The maximum atomic E-state index is 13.6. The summed E-state index contributed by atoms with van der Waals surface area (Å²) >= 11 is 0. The van der Waals surface area contributed by atoms with Gasteiger partial charge in [-0.1, -0.05) is 97.1 Å². The largest absolute Gasteiger partial charge is 0.387 e. The number of benzene rings is 4. The minimum absolute atomic E-state index is 0.0355. The molecule has 0 spiro atoms. The molecule has 0 heterocycles. The second kappa shape index (κ2) is 14.8. The molecule has 1 aliphatic carbocycles. The minimum Gasteiger partial charge on any atom is -0.387 e. The molecule has 4 aromatic carbocycles. The summed E-state index contributed by atoms with van der Waals surface area (Å²) in [7, 11) is -4.69. The van der Waals surface area contributed by atoms with Gasteiger partial charge in [-0.2, -0.15) is 8.42 Å². The third kappa shape index (κ3) is 8.18. The number of hydrogen-bond acceptors (Lipinski definition) is 10. The second-order valence-electron chi connectivity index (χ2n) is 10.5. The zero-order chi connectivity index (χ0) is 31.8. The summed E-state index contributed by atoms with van der Waals surface area (Å²) in [6.45, 7) is -0.0354. The highest BCUT2D eigenvalue weighted by molar-refractivity contribution is 7.86. The van der Waals surface area contributed by atoms with Crippen LogP contribution < -0.4 is 0 Å². The van der Waals surface area contributed by atoms with Gasteiger partial charge in [-0.3, -0.25) is 14.3 Å². The van der Waals surface area contributed by atoms with Gasteiger partial charge in [0.1, 0.15) is 41.5 Å². The van der Waals surface area contributed by atoms with Gasteiger partial charge in [-0.05, 0) is 22.8 Å². The van der Waals surface area contributed by atoms with E-state index in [4.69, 9.17) is 18.4 Å². The lowest BCUT2D eigenvalue weighted by Crippen LogP contribution is -2.66. The number of rotatable bonds is 13. The van der Waals surface area contributed by atoms with Gasteiger partial charge in [-0.25, -0.2) is 0 Å². The van der Waals surface area contributed by atoms with E-state index in [0.717, 1.165) is 34.9 Å². The minimum atomic E-state index is -4.69. The van der Waals surface area contributed by atoms with Crippen molar-refractivity contribution in [3.63, 3.8) is 0 Å². The summed E-state index contributed by atoms with van der Waals surface area (Å²) in [4.78, 5) is 10.1. The highest BCUT2D eigenvalue weighted by Crippen LogP contribution is 2.34. The van der Waals surface area contributed by atoms with Crippen molar-refractivity contribution in [1.82, 2.24) is 0 Å². The van der Waals surface area contributed by atoms with Gasteiger partial charge < -0.3 is 24.4 Å². The Hall–Kier alpha value is -4.01. The van der Waals surface area contributed by atoms with Crippen molar-refractivity contribution >= 4 is 15.8 Å². The first kappa shape index (κ1) is 32.4. The first-order valence-corrected chi connectivity index (χ1v) is 15.6. The van der Waals surface area contributed by atoms with Crippen LogP contribution in [0.2, 0.25) is 0 Å². The predicted octanol–water partition coefficient (Wildman–Crippen LogP) is 4.16. The quantitative estimate of drug-likeness (QED) is 0.124. The fourth-order valence-electron chi connectivity index (χ4n) is 5.10. The van der Waals surface area contributed by atoms with Crippen molar-refractivity contribution in [3.8, 4) is 0 Å². The van der Waals surface area contributed by atoms with Gasteiger partial charge in [0.2, 0.25) is 0 Å². The molecule has 45 heavy (non-hydrogen) atoms. The molecule has 0 aromatic heterocycles. The highest BCUT2D eigenvalue weighted by atomic mass is 32.2. The second-order valence-corrected chi connectivity index (χ2v) is 12.1. The van der Waals surface area contributed by atoms with Crippen LogP contribution in [0.4, 0.5) is 5.69 Å². The molecule has 0 amide bonds. The number of aliphatic hydroxyl groups is 2. The van der Waals surface area contributed by atoms with Gasteiger partial charge >= 0.3 is 0 Å². The maximum Gasteiger partial charge on any atom is 0.297 e. The fourth-order valence-corrected chi connectivity index (χ4v) is 6.23. The molecule has 236 valence electrons. The lowest BCUT2D eigenvalue weighted by molar-refractivity contribution is -0.385. The van der Waals surface area contributed by atoms with E-state index >= 15 is 0 Å². The summed E-state index contributed by atoms with van der Waals surface area (Å²) in [6.07, 6.45) is -8.70. The first-order chi connectivity index (χ1) is 21.7. The van der Waals surface area contributed by atoms with Gasteiger partial charge in [0.15, 0.2) is 0 Å². The van der Waals surface area contributed by atoms with E-state index in [-0.39, 0.29) is 19.8 Å². The standard InChI is InChI=1S/C33H33NO10S/c35-28-30(41-20-23-11-4-1-5-12-23)29(36)32(43-22-25-15-8-3-9-16-25)33(31(28)42-21-24-13-6-2-7-14-24)44-45(39,40)27-18-10-17-26(19-27)34(37)38/h1-19,28-33,35-36H,20-22H2/t28-,29+,30?,31-,32-,33?/m1/s1. The Labute approximate surface area is 260 Å². The van der Waals surface area contributed by atoms with E-state index < -0.39 is 62.2 Å². The average Bonchev–Trinajstić information content (AvgIpc) is 3.06. The molecule has 0 aliphatic heterocycles. The molecule has 1 fully saturated rings. The van der Waals surface area contributed by atoms with Crippen LogP contribution in [0.25, 0.3) is 0 Å². The summed E-state index contributed by atoms with van der Waals surface area (Å²) in [5.41, 5.74) is 1.80. The molecule has 0 radical (unpaired) electrons. The van der Waals surface area contributed by atoms with Gasteiger partial charge in [0.05, 0.1) is 24.7 Å². The monoisotopic (exact) mass is 635 g/mol. The van der Waals surface area contributed by atoms with Crippen LogP contribution in [0.1, 0.15) is 16.7 Å². The van der Waals surface area contributed by atoms with Crippen LogP contribution in [0.5, 0.6) is 0 Å². The number of non-ortho nitro benzene ring substituents is 1. The molecular weight excluding hydrogens is 602 g/mol. The first-order valence-electron chi connectivity index (χ1n) is 14.2. The zero-order valence-electron chi connectivity index (χ0n) is 24.1. The van der Waals surface area contributed by atoms with E-state index in [1.807, 2.05) is 42.5 Å². The van der Waals surface area contributed by atoms with Crippen LogP contribution in [-0.2, 0) is 48.3 Å². The Morgan fingerprint density at radius 1 is 0.600 bits per heavy atom. The van der Waals surface area contributed by atoms with Crippen LogP contribution in [-0.4, -0.2) is 60.2 Å². The molecule has 6 atom stereocenters. The van der Waals surface area contributed by atoms with Crippen molar-refractivity contribution in [2.45, 2.75) is 61.3 Å². The molecule has 2 unspecified atom stereocenters. The normalized spacial score (nSPS) is 23.4. The molecule has 11 nitrogen and oxygen atoms in total. The number of ether oxygens (including phenoxy) is 3. The van der Waals surface area contributed by atoms with Gasteiger partial charge in [-0.15, -0.1) is 0 Å². The number of nitro benzene ring substituents is 1. The van der Waals surface area contributed by atoms with Crippen molar-refractivity contribution in [1.29, 1.82) is 0 Å². The lowest BCUT2D eigenvalue weighted by Gasteiger charge is -2.46. The smallest absolute Gasteiger partial charge is 0.297 e. The average molecular weight is 636 g/mol. The zero-order valence-corrected chi connectivity index (χ0v) is 24.9. The molecule has 4 aromatic rings. The summed E-state index contributed by atoms with van der Waals surface area (Å²) in [5.74, 6) is 0. The molecule has 1 saturated carbocycles. The lowest BCUT2D eigenvalue weighted by atomic mass is 9.84. The van der Waals surface area contributed by atoms with Crippen LogP contribution in [0, 0.1) is 10.1 Å². The van der Waals surface area contributed by atoms with Crippen LogP contribution in [0.15, 0.2) is 120 Å². The molecule has 12 heteroatoms. The molecule has 0 bridgehead atoms. The van der Waals surface area contributed by atoms with E-state index in [9.17, 15) is 28.7 Å². The summed E-state index contributed by atoms with van der Waals surface area (Å²) in [6, 6.07) is 31.6. The van der Waals surface area contributed by atoms with Crippen molar-refractivity contribution < 1.29 is 41.9 Å². The van der Waals surface area contributed by atoms with Crippen LogP contribution in [0.3, 0.4) is 0 Å². The number of hydrogen-bond donors (Lipinski definition) is 2. The Morgan fingerprint density at radius 2 is 1.02 bits per heavy atom. The maximum absolute atomic E-state index is 13.6. The van der Waals surface area contributed by atoms with E-state index in [1.165, 1.54) is 6.07 Å². The van der Waals surface area contributed by atoms with Crippen molar-refractivity contribution in [3.05, 3.63) is 142 Å². The third-order valence-electron chi connectivity index (χ3n) is 7.40. The Bertz CT molecular complexity index is 1580. The molecule has 5 rings (SSSR count). The number of aliphatic hydroxyl groups excluding tert-OH is 2. The van der Waals surface area contributed by atoms with E-state index in [0.29, 0.717) is 0 Å². The summed E-state index contributed by atoms with van der Waals surface area (Å²) < 4.78 is 51.1. The Balaban J connectivity index is 1.50. The highest BCUT2D eigenvalue weighted by Gasteiger charge is 2.54. The molecule has 2 N–H and O–H groups in total. The van der Waals surface area contributed by atoms with Gasteiger partial charge in [0.25, 0.3) is 15.8 Å². The number of nitrogens with zero attached hydrogens (tertiary/aromatic N) is 1. The number of nitro groups is 1. The molecule has 1 aliphatic rings. The van der Waals surface area contributed by atoms with Crippen molar-refractivity contribution in [2.24, 2.45) is 0 Å². The molecular formula is C33H33NO10S. The topological polar surface area (TPSA) is 155 Å². The van der Waals surface area contributed by atoms with E-state index in [1.54, 1.807) is 48.5 Å². The molecule has 0 saturated heterocycles. The Morgan fingerprint density at radius 3 is 1.44 bits per heavy atom. The predicted molar refractivity (Wildman–Crippen MR) is 162 cm³/mol.